The van der Waals surface area contributed by atoms with E-state index in [1.165, 1.54) is 10.9 Å². The lowest BCUT2D eigenvalue weighted by molar-refractivity contribution is 0.370. The maximum atomic E-state index is 10.1. The summed E-state index contributed by atoms with van der Waals surface area (Å²) in [5.74, 6) is 1.25. The van der Waals surface area contributed by atoms with Crippen molar-refractivity contribution in [2.24, 2.45) is 4.99 Å². The minimum atomic E-state index is 0.335. The third kappa shape index (κ3) is 4.27. The molecule has 3 aromatic rings. The topological polar surface area (TPSA) is 66.9 Å². The molecule has 2 heterocycles. The Balaban J connectivity index is 1.32. The number of phenolic OH excluding ortho intramolecular Hbond substituents is 1. The van der Waals surface area contributed by atoms with Gasteiger partial charge in [-0.2, -0.15) is 0 Å². The van der Waals surface area contributed by atoms with E-state index >= 15 is 0 Å². The summed E-state index contributed by atoms with van der Waals surface area (Å²) in [6.45, 7) is 4.21. The number of halogens is 1. The number of fused-ring (bicyclic) bond motifs is 1. The fourth-order valence-corrected chi connectivity index (χ4v) is 4.06. The second-order valence-electron chi connectivity index (χ2n) is 7.19. The van der Waals surface area contributed by atoms with Crippen molar-refractivity contribution in [3.63, 3.8) is 0 Å². The van der Waals surface area contributed by atoms with Gasteiger partial charge in [-0.05, 0) is 42.3 Å². The number of guanidine groups is 1. The van der Waals surface area contributed by atoms with Gasteiger partial charge in [0.2, 0.25) is 0 Å². The van der Waals surface area contributed by atoms with Crippen molar-refractivity contribution in [2.75, 3.05) is 44.7 Å². The van der Waals surface area contributed by atoms with Crippen molar-refractivity contribution in [2.45, 2.75) is 6.42 Å². The van der Waals surface area contributed by atoms with E-state index in [1.54, 1.807) is 6.07 Å². The number of phenols is 1. The molecule has 0 atom stereocenters. The molecule has 0 saturated carbocycles. The molecular weight excluding hydrogens is 386 g/mol. The van der Waals surface area contributed by atoms with Crippen LogP contribution in [0.15, 0.2) is 53.7 Å². The van der Waals surface area contributed by atoms with E-state index in [0.29, 0.717) is 5.75 Å². The molecule has 2 aromatic carbocycles. The highest BCUT2D eigenvalue weighted by Crippen LogP contribution is 2.27. The summed E-state index contributed by atoms with van der Waals surface area (Å²) in [6, 6.07) is 13.4. The van der Waals surface area contributed by atoms with Gasteiger partial charge in [0.25, 0.3) is 0 Å². The van der Waals surface area contributed by atoms with Crippen molar-refractivity contribution in [1.82, 2.24) is 15.2 Å². The van der Waals surface area contributed by atoms with Gasteiger partial charge < -0.3 is 25.2 Å². The Morgan fingerprint density at radius 1 is 1.17 bits per heavy atom. The lowest BCUT2D eigenvalue weighted by Gasteiger charge is -2.37. The number of hydrogen-bond acceptors (Lipinski definition) is 3. The van der Waals surface area contributed by atoms with Crippen LogP contribution in [0.4, 0.5) is 5.69 Å². The van der Waals surface area contributed by atoms with Crippen LogP contribution in [0.25, 0.3) is 10.9 Å². The minimum absolute atomic E-state index is 0.335. The number of para-hydroxylation sites is 2. The molecule has 152 valence electrons. The second kappa shape index (κ2) is 8.66. The molecule has 0 bridgehead atoms. The molecule has 0 spiro atoms. The Hall–Kier alpha value is -2.86. The molecule has 0 unspecified atom stereocenters. The summed E-state index contributed by atoms with van der Waals surface area (Å²) in [4.78, 5) is 12.2. The first kappa shape index (κ1) is 19.5. The Morgan fingerprint density at radius 3 is 2.72 bits per heavy atom. The second-order valence-corrected chi connectivity index (χ2v) is 7.63. The summed E-state index contributed by atoms with van der Waals surface area (Å²) in [5.41, 5.74) is 3.25. The van der Waals surface area contributed by atoms with Crippen LogP contribution in [0.1, 0.15) is 5.56 Å². The summed E-state index contributed by atoms with van der Waals surface area (Å²) in [7, 11) is 1.82. The average Bonchev–Trinajstić information content (AvgIpc) is 3.14. The molecule has 0 amide bonds. The van der Waals surface area contributed by atoms with E-state index in [0.717, 1.165) is 61.3 Å². The van der Waals surface area contributed by atoms with Gasteiger partial charge >= 0.3 is 0 Å². The summed E-state index contributed by atoms with van der Waals surface area (Å²) < 4.78 is 0. The average molecular weight is 412 g/mol. The molecule has 4 rings (SSSR count). The van der Waals surface area contributed by atoms with Crippen molar-refractivity contribution in [3.05, 3.63) is 59.2 Å². The van der Waals surface area contributed by atoms with Gasteiger partial charge in [-0.25, -0.2) is 0 Å². The lowest BCUT2D eigenvalue weighted by atomic mass is 10.1. The number of benzene rings is 2. The highest BCUT2D eigenvalue weighted by atomic mass is 35.5. The number of aromatic amines is 1. The van der Waals surface area contributed by atoms with Gasteiger partial charge in [0.1, 0.15) is 5.75 Å². The first-order chi connectivity index (χ1) is 14.2. The van der Waals surface area contributed by atoms with Gasteiger partial charge in [0.05, 0.1) is 5.69 Å². The van der Waals surface area contributed by atoms with Crippen LogP contribution in [-0.2, 0) is 6.42 Å². The number of nitrogens with one attached hydrogen (secondary N) is 2. The zero-order chi connectivity index (χ0) is 20.2. The van der Waals surface area contributed by atoms with Crippen LogP contribution in [0.5, 0.6) is 5.75 Å². The van der Waals surface area contributed by atoms with E-state index in [9.17, 15) is 5.11 Å². The molecule has 6 nitrogen and oxygen atoms in total. The van der Waals surface area contributed by atoms with Crippen molar-refractivity contribution < 1.29 is 5.11 Å². The molecule has 7 heteroatoms. The first-order valence-electron chi connectivity index (χ1n) is 9.90. The zero-order valence-corrected chi connectivity index (χ0v) is 17.3. The molecule has 29 heavy (non-hydrogen) atoms. The Morgan fingerprint density at radius 2 is 1.97 bits per heavy atom. The van der Waals surface area contributed by atoms with Crippen molar-refractivity contribution >= 4 is 34.2 Å². The quantitative estimate of drug-likeness (QED) is 0.454. The number of H-pyrrole nitrogens is 1. The number of anilines is 1. The van der Waals surface area contributed by atoms with E-state index in [2.05, 4.69) is 31.3 Å². The number of piperazine rings is 1. The zero-order valence-electron chi connectivity index (χ0n) is 16.5. The van der Waals surface area contributed by atoms with Crippen LogP contribution < -0.4 is 10.2 Å². The molecule has 0 aliphatic carbocycles. The van der Waals surface area contributed by atoms with E-state index in [-0.39, 0.29) is 0 Å². The summed E-state index contributed by atoms with van der Waals surface area (Å²) in [6.07, 6.45) is 2.94. The van der Waals surface area contributed by atoms with Gasteiger partial charge in [0.15, 0.2) is 5.96 Å². The smallest absolute Gasteiger partial charge is 0.193 e. The predicted molar refractivity (Wildman–Crippen MR) is 120 cm³/mol. The van der Waals surface area contributed by atoms with E-state index in [1.807, 2.05) is 43.4 Å². The molecule has 0 radical (unpaired) electrons. The van der Waals surface area contributed by atoms with Crippen LogP contribution >= 0.6 is 11.6 Å². The molecule has 1 fully saturated rings. The van der Waals surface area contributed by atoms with Gasteiger partial charge in [-0.15, -0.1) is 0 Å². The minimum Gasteiger partial charge on any atom is -0.506 e. The fraction of sp³-hybridized carbons (Fsp3) is 0.318. The number of hydrogen-bond donors (Lipinski definition) is 3. The summed E-state index contributed by atoms with van der Waals surface area (Å²) >= 11 is 6.15. The standard InChI is InChI=1S/C22H26ClN5O/c1-24-22(25-9-8-16-15-26-19-7-6-17(23)14-18(16)19)28-12-10-27(11-13-28)20-4-2-3-5-21(20)29/h2-7,14-15,26,29H,8-13H2,1H3,(H,24,25). The maximum Gasteiger partial charge on any atom is 0.193 e. The number of aromatic nitrogens is 1. The molecule has 1 aliphatic heterocycles. The van der Waals surface area contributed by atoms with Crippen molar-refractivity contribution in [1.29, 1.82) is 0 Å². The van der Waals surface area contributed by atoms with Gasteiger partial charge in [-0.3, -0.25) is 4.99 Å². The first-order valence-corrected chi connectivity index (χ1v) is 10.3. The molecule has 1 saturated heterocycles. The SMILES string of the molecule is CN=C(NCCc1c[nH]c2ccc(Cl)cc12)N1CCN(c2ccccc2O)CC1. The third-order valence-corrected chi connectivity index (χ3v) is 5.66. The highest BCUT2D eigenvalue weighted by Gasteiger charge is 2.21. The maximum absolute atomic E-state index is 10.1. The third-order valence-electron chi connectivity index (χ3n) is 5.42. The van der Waals surface area contributed by atoms with Crippen LogP contribution in [0.2, 0.25) is 5.02 Å². The van der Waals surface area contributed by atoms with Crippen LogP contribution in [0.3, 0.4) is 0 Å². The van der Waals surface area contributed by atoms with Gasteiger partial charge in [0, 0.05) is 61.9 Å². The van der Waals surface area contributed by atoms with E-state index < -0.39 is 0 Å². The number of nitrogens with zero attached hydrogens (tertiary/aromatic N) is 3. The molecule has 1 aromatic heterocycles. The molecule has 3 N–H and O–H groups in total. The molecular formula is C22H26ClN5O. The fourth-order valence-electron chi connectivity index (χ4n) is 3.89. The normalized spacial score (nSPS) is 15.2. The number of rotatable bonds is 4. The highest BCUT2D eigenvalue weighted by molar-refractivity contribution is 6.31. The van der Waals surface area contributed by atoms with Crippen LogP contribution in [0, 0.1) is 0 Å². The van der Waals surface area contributed by atoms with Crippen LogP contribution in [-0.4, -0.2) is 60.7 Å². The lowest BCUT2D eigenvalue weighted by Crippen LogP contribution is -2.52. The number of aromatic hydroxyl groups is 1. The molecule has 1 aliphatic rings. The largest absolute Gasteiger partial charge is 0.506 e. The van der Waals surface area contributed by atoms with E-state index in [4.69, 9.17) is 11.6 Å². The number of aliphatic imine (C=N–C) groups is 1. The monoisotopic (exact) mass is 411 g/mol. The predicted octanol–water partition coefficient (Wildman–Crippen LogP) is 3.47. The summed E-state index contributed by atoms with van der Waals surface area (Å²) in [5, 5.41) is 15.5. The Kier molecular flexibility index (Phi) is 5.81. The van der Waals surface area contributed by atoms with Gasteiger partial charge in [-0.1, -0.05) is 23.7 Å². The Labute approximate surface area is 175 Å². The Bertz CT molecular complexity index is 1010. The van der Waals surface area contributed by atoms with Crippen molar-refractivity contribution in [3.8, 4) is 5.75 Å².